The minimum atomic E-state index is 0.803. The molecule has 0 unspecified atom stereocenters. The maximum Gasteiger partial charge on any atom is 0.112 e. The molecule has 0 radical (unpaired) electrons. The molecule has 3 rings (SSSR count). The van der Waals surface area contributed by atoms with E-state index in [2.05, 4.69) is 30.8 Å². The zero-order valence-corrected chi connectivity index (χ0v) is 8.25. The first-order chi connectivity index (χ1) is 7.93. The molecular weight excluding hydrogens is 204 g/mol. The Hall–Kier alpha value is -2.50. The number of nitrogens with one attached hydrogen (secondary N) is 2. The highest BCUT2D eigenvalue weighted by Crippen LogP contribution is 2.06. The van der Waals surface area contributed by atoms with Crippen LogP contribution in [0.5, 0.6) is 0 Å². The molecule has 0 aliphatic heterocycles. The molecule has 0 bridgehead atoms. The molecule has 0 saturated carbocycles. The Morgan fingerprint density at radius 1 is 0.688 bits per heavy atom. The largest absolute Gasteiger partial charge is 0.258 e. The predicted molar refractivity (Wildman–Crippen MR) is 59.0 cm³/mol. The molecule has 0 fully saturated rings. The molecule has 0 atom stereocenters. The van der Waals surface area contributed by atoms with Crippen molar-refractivity contribution in [2.45, 2.75) is 0 Å². The molecule has 2 aromatic heterocycles. The van der Waals surface area contributed by atoms with E-state index in [0.29, 0.717) is 0 Å². The van der Waals surface area contributed by atoms with E-state index < -0.39 is 0 Å². The van der Waals surface area contributed by atoms with E-state index in [1.165, 1.54) is 0 Å². The maximum atomic E-state index is 3.96. The maximum absolute atomic E-state index is 3.96. The van der Waals surface area contributed by atoms with E-state index in [1.807, 2.05) is 36.4 Å². The Bertz CT molecular complexity index is 570. The number of aromatic nitrogens is 6. The first-order valence-electron chi connectivity index (χ1n) is 4.78. The molecule has 0 spiro atoms. The van der Waals surface area contributed by atoms with Gasteiger partial charge in [-0.05, 0) is 24.3 Å². The summed E-state index contributed by atoms with van der Waals surface area (Å²) < 4.78 is 0. The summed E-state index contributed by atoms with van der Waals surface area (Å²) in [5, 5.41) is 21.0. The van der Waals surface area contributed by atoms with Crippen LogP contribution in [0.15, 0.2) is 36.4 Å². The van der Waals surface area contributed by atoms with Gasteiger partial charge in [0.2, 0.25) is 0 Å². The van der Waals surface area contributed by atoms with E-state index in [9.17, 15) is 0 Å². The highest BCUT2D eigenvalue weighted by molar-refractivity contribution is 5.75. The van der Waals surface area contributed by atoms with E-state index in [1.54, 1.807) is 0 Å². The van der Waals surface area contributed by atoms with Gasteiger partial charge in [-0.2, -0.15) is 0 Å². The highest BCUT2D eigenvalue weighted by atomic mass is 15.3. The smallest absolute Gasteiger partial charge is 0.112 e. The third kappa shape index (κ3) is 1.46. The zero-order valence-electron chi connectivity index (χ0n) is 8.25. The standard InChI is InChI=1S/C10H8N6/c1-3-7-9(13-15-11-7)5-2-6-10-8(4-1)12-16-14-10/h1-6H,(H,11,13,15)(H,12,14,16). The summed E-state index contributed by atoms with van der Waals surface area (Å²) in [4.78, 5) is 0. The first kappa shape index (κ1) is 8.78. The average molecular weight is 212 g/mol. The van der Waals surface area contributed by atoms with Crippen LogP contribution >= 0.6 is 0 Å². The molecule has 16 heavy (non-hydrogen) atoms. The molecule has 0 aliphatic carbocycles. The third-order valence-electron chi connectivity index (χ3n) is 2.24. The monoisotopic (exact) mass is 212 g/mol. The van der Waals surface area contributed by atoms with Gasteiger partial charge in [0, 0.05) is 0 Å². The van der Waals surface area contributed by atoms with Gasteiger partial charge in [0.05, 0.1) is 11.0 Å². The molecule has 2 N–H and O–H groups in total. The molecule has 0 amide bonds. The van der Waals surface area contributed by atoms with Crippen molar-refractivity contribution in [1.29, 1.82) is 0 Å². The fourth-order valence-corrected chi connectivity index (χ4v) is 1.45. The third-order valence-corrected chi connectivity index (χ3v) is 2.24. The Morgan fingerprint density at radius 3 is 1.69 bits per heavy atom. The van der Waals surface area contributed by atoms with Crippen molar-refractivity contribution in [2.24, 2.45) is 0 Å². The second-order valence-corrected chi connectivity index (χ2v) is 3.27. The molecule has 2 heterocycles. The van der Waals surface area contributed by atoms with Crippen molar-refractivity contribution in [1.82, 2.24) is 30.8 Å². The van der Waals surface area contributed by atoms with Crippen LogP contribution in [0, 0.1) is 0 Å². The van der Waals surface area contributed by atoms with Crippen molar-refractivity contribution in [3.63, 3.8) is 0 Å². The number of H-pyrrole nitrogens is 2. The summed E-state index contributed by atoms with van der Waals surface area (Å²) in [7, 11) is 0. The van der Waals surface area contributed by atoms with Gasteiger partial charge < -0.3 is 0 Å². The van der Waals surface area contributed by atoms with Gasteiger partial charge in [-0.3, -0.25) is 10.2 Å². The van der Waals surface area contributed by atoms with Gasteiger partial charge in [-0.15, -0.1) is 10.2 Å². The lowest BCUT2D eigenvalue weighted by Gasteiger charge is -1.80. The van der Waals surface area contributed by atoms with Crippen LogP contribution < -0.4 is 0 Å². The quantitative estimate of drug-likeness (QED) is 0.589. The van der Waals surface area contributed by atoms with Gasteiger partial charge in [-0.25, -0.2) is 0 Å². The van der Waals surface area contributed by atoms with Crippen molar-refractivity contribution < 1.29 is 0 Å². The van der Waals surface area contributed by atoms with E-state index >= 15 is 0 Å². The number of aromatic amines is 2. The average Bonchev–Trinajstić information content (AvgIpc) is 2.89. The Labute approximate surface area is 90.0 Å². The van der Waals surface area contributed by atoms with Gasteiger partial charge >= 0.3 is 0 Å². The lowest BCUT2D eigenvalue weighted by Crippen LogP contribution is -1.65. The van der Waals surface area contributed by atoms with Crippen LogP contribution in [-0.2, 0) is 0 Å². The Balaban J connectivity index is 2.40. The fourth-order valence-electron chi connectivity index (χ4n) is 1.45. The predicted octanol–water partition coefficient (Wildman–Crippen LogP) is 1.35. The minimum Gasteiger partial charge on any atom is -0.258 e. The normalized spacial score (nSPS) is 10.5. The molecule has 6 heteroatoms. The minimum absolute atomic E-state index is 0.803. The Morgan fingerprint density at radius 2 is 1.19 bits per heavy atom. The molecule has 6 nitrogen and oxygen atoms in total. The SMILES string of the molecule is c1cc2nn[nH]c2cccc2nn[nH]c2c1. The lowest BCUT2D eigenvalue weighted by atomic mass is 10.3. The number of fused-ring (bicyclic) bond motifs is 2. The van der Waals surface area contributed by atoms with Crippen LogP contribution in [0.2, 0.25) is 0 Å². The lowest BCUT2D eigenvalue weighted by molar-refractivity contribution is 0.958. The van der Waals surface area contributed by atoms with E-state index in [-0.39, 0.29) is 0 Å². The second-order valence-electron chi connectivity index (χ2n) is 3.27. The highest BCUT2D eigenvalue weighted by Gasteiger charge is 1.92. The van der Waals surface area contributed by atoms with Crippen LogP contribution in [0.25, 0.3) is 22.1 Å². The van der Waals surface area contributed by atoms with Crippen LogP contribution in [0.3, 0.4) is 0 Å². The molecule has 1 aromatic carbocycles. The number of hydrogen-bond donors (Lipinski definition) is 2. The van der Waals surface area contributed by atoms with Crippen molar-refractivity contribution >= 4 is 22.1 Å². The summed E-state index contributed by atoms with van der Waals surface area (Å²) in [6.07, 6.45) is 0. The number of nitrogens with zero attached hydrogens (tertiary/aromatic N) is 4. The van der Waals surface area contributed by atoms with Crippen LogP contribution in [0.1, 0.15) is 0 Å². The summed E-state index contributed by atoms with van der Waals surface area (Å²) in [5.41, 5.74) is 3.34. The number of rotatable bonds is 0. The van der Waals surface area contributed by atoms with E-state index in [0.717, 1.165) is 22.1 Å². The molecule has 0 saturated heterocycles. The van der Waals surface area contributed by atoms with Crippen molar-refractivity contribution in [3.8, 4) is 0 Å². The summed E-state index contributed by atoms with van der Waals surface area (Å²) >= 11 is 0. The van der Waals surface area contributed by atoms with Crippen LogP contribution in [-0.4, -0.2) is 30.8 Å². The van der Waals surface area contributed by atoms with Gasteiger partial charge in [0.1, 0.15) is 11.0 Å². The fraction of sp³-hybridized carbons (Fsp3) is 0. The molecular formula is C10H8N6. The second kappa shape index (κ2) is 3.58. The molecule has 78 valence electrons. The van der Waals surface area contributed by atoms with Gasteiger partial charge in [0.15, 0.2) is 0 Å². The zero-order chi connectivity index (χ0) is 10.8. The van der Waals surface area contributed by atoms with E-state index in [4.69, 9.17) is 0 Å². The van der Waals surface area contributed by atoms with Crippen molar-refractivity contribution in [3.05, 3.63) is 36.4 Å². The summed E-state index contributed by atoms with van der Waals surface area (Å²) in [6, 6.07) is 11.3. The van der Waals surface area contributed by atoms with Crippen molar-refractivity contribution in [2.75, 3.05) is 0 Å². The van der Waals surface area contributed by atoms with Crippen LogP contribution in [0.4, 0.5) is 0 Å². The molecule has 0 aliphatic rings. The first-order valence-corrected chi connectivity index (χ1v) is 4.78. The topological polar surface area (TPSA) is 83.1 Å². The molecule has 3 aromatic rings. The Kier molecular flexibility index (Phi) is 1.96. The summed E-state index contributed by atoms with van der Waals surface area (Å²) in [5.74, 6) is 0. The van der Waals surface area contributed by atoms with Gasteiger partial charge in [0.25, 0.3) is 0 Å². The van der Waals surface area contributed by atoms with Gasteiger partial charge in [-0.1, -0.05) is 22.6 Å². The summed E-state index contributed by atoms with van der Waals surface area (Å²) in [6.45, 7) is 0. The number of hydrogen-bond acceptors (Lipinski definition) is 4.